The van der Waals surface area contributed by atoms with Gasteiger partial charge in [0.15, 0.2) is 5.60 Å². The van der Waals surface area contributed by atoms with Crippen LogP contribution < -0.4 is 15.0 Å². The number of nitrogens with one attached hydrogen (secondary N) is 1. The Balaban J connectivity index is 1.67. The Bertz CT molecular complexity index is 815. The minimum atomic E-state index is -0.942. The number of anilines is 1. The molecule has 5 heteroatoms. The Morgan fingerprint density at radius 2 is 1.88 bits per heavy atom. The monoisotopic (exact) mass is 352 g/mol. The van der Waals surface area contributed by atoms with E-state index in [1.165, 1.54) is 0 Å². The van der Waals surface area contributed by atoms with Crippen LogP contribution in [0.4, 0.5) is 5.69 Å². The maximum atomic E-state index is 12.8. The molecule has 0 saturated carbocycles. The quantitative estimate of drug-likeness (QED) is 0.899. The van der Waals surface area contributed by atoms with E-state index in [-0.39, 0.29) is 18.2 Å². The first kappa shape index (κ1) is 18.0. The number of carbonyl (C=O) groups excluding carboxylic acids is 2. The average molecular weight is 352 g/mol. The Labute approximate surface area is 154 Å². The van der Waals surface area contributed by atoms with Gasteiger partial charge in [-0.1, -0.05) is 36.4 Å². The third-order valence-corrected chi connectivity index (χ3v) is 4.43. The van der Waals surface area contributed by atoms with Gasteiger partial charge in [0.25, 0.3) is 5.91 Å². The first-order valence-electron chi connectivity index (χ1n) is 8.79. The SMILES string of the molecule is Cc1ccc2c(c1)N(CCC(=O)NCc1ccccc1)C(=O)C(C)(C)O2. The highest BCUT2D eigenvalue weighted by molar-refractivity contribution is 6.02. The fraction of sp³-hybridized carbons (Fsp3) is 0.333. The molecule has 1 N–H and O–H groups in total. The van der Waals surface area contributed by atoms with Crippen LogP contribution in [0.5, 0.6) is 5.75 Å². The number of ether oxygens (including phenoxy) is 1. The van der Waals surface area contributed by atoms with Crippen LogP contribution in [0.3, 0.4) is 0 Å². The highest BCUT2D eigenvalue weighted by Gasteiger charge is 2.40. The van der Waals surface area contributed by atoms with Crippen molar-refractivity contribution in [2.75, 3.05) is 11.4 Å². The number of aryl methyl sites for hydroxylation is 1. The molecular formula is C21H24N2O3. The summed E-state index contributed by atoms with van der Waals surface area (Å²) in [6, 6.07) is 15.5. The number of nitrogens with zero attached hydrogens (tertiary/aromatic N) is 1. The maximum absolute atomic E-state index is 12.8. The number of hydrogen-bond donors (Lipinski definition) is 1. The number of amides is 2. The van der Waals surface area contributed by atoms with Crippen molar-refractivity contribution in [1.29, 1.82) is 0 Å². The van der Waals surface area contributed by atoms with E-state index in [4.69, 9.17) is 4.74 Å². The molecule has 136 valence electrons. The molecule has 2 aromatic carbocycles. The molecule has 2 amide bonds. The molecule has 0 bridgehead atoms. The van der Waals surface area contributed by atoms with Crippen molar-refractivity contribution in [3.05, 3.63) is 59.7 Å². The lowest BCUT2D eigenvalue weighted by atomic mass is 10.0. The van der Waals surface area contributed by atoms with Gasteiger partial charge < -0.3 is 15.0 Å². The van der Waals surface area contributed by atoms with Gasteiger partial charge in [-0.15, -0.1) is 0 Å². The average Bonchev–Trinajstić information content (AvgIpc) is 2.62. The second kappa shape index (κ2) is 7.20. The molecule has 5 nitrogen and oxygen atoms in total. The Morgan fingerprint density at radius 3 is 2.62 bits per heavy atom. The molecule has 0 spiro atoms. The molecular weight excluding hydrogens is 328 g/mol. The summed E-state index contributed by atoms with van der Waals surface area (Å²) < 4.78 is 5.84. The first-order chi connectivity index (χ1) is 12.4. The lowest BCUT2D eigenvalue weighted by Gasteiger charge is -2.38. The number of hydrogen-bond acceptors (Lipinski definition) is 3. The second-order valence-corrected chi connectivity index (χ2v) is 7.05. The molecule has 0 unspecified atom stereocenters. The molecule has 1 aliphatic heterocycles. The fourth-order valence-corrected chi connectivity index (χ4v) is 3.00. The molecule has 2 aromatic rings. The first-order valence-corrected chi connectivity index (χ1v) is 8.79. The smallest absolute Gasteiger partial charge is 0.270 e. The van der Waals surface area contributed by atoms with Crippen molar-refractivity contribution in [2.24, 2.45) is 0 Å². The molecule has 0 fully saturated rings. The van der Waals surface area contributed by atoms with E-state index < -0.39 is 5.60 Å². The summed E-state index contributed by atoms with van der Waals surface area (Å²) in [4.78, 5) is 26.7. The van der Waals surface area contributed by atoms with Gasteiger partial charge in [0, 0.05) is 19.5 Å². The summed E-state index contributed by atoms with van der Waals surface area (Å²) in [7, 11) is 0. The second-order valence-electron chi connectivity index (χ2n) is 7.05. The van der Waals surface area contributed by atoms with E-state index in [2.05, 4.69) is 5.32 Å². The summed E-state index contributed by atoms with van der Waals surface area (Å²) >= 11 is 0. The van der Waals surface area contributed by atoms with E-state index >= 15 is 0 Å². The van der Waals surface area contributed by atoms with Crippen molar-refractivity contribution in [3.63, 3.8) is 0 Å². The molecule has 0 aliphatic carbocycles. The van der Waals surface area contributed by atoms with Crippen LogP contribution in [0, 0.1) is 6.92 Å². The molecule has 0 atom stereocenters. The van der Waals surface area contributed by atoms with Gasteiger partial charge in [-0.25, -0.2) is 0 Å². The normalized spacial score (nSPS) is 15.2. The van der Waals surface area contributed by atoms with Crippen molar-refractivity contribution >= 4 is 17.5 Å². The topological polar surface area (TPSA) is 58.6 Å². The molecule has 26 heavy (non-hydrogen) atoms. The Kier molecular flexibility index (Phi) is 4.98. The largest absolute Gasteiger partial charge is 0.476 e. The number of fused-ring (bicyclic) bond motifs is 1. The lowest BCUT2D eigenvalue weighted by Crippen LogP contribution is -2.53. The third-order valence-electron chi connectivity index (χ3n) is 4.43. The third kappa shape index (κ3) is 3.87. The zero-order valence-electron chi connectivity index (χ0n) is 15.4. The van der Waals surface area contributed by atoms with Crippen molar-refractivity contribution < 1.29 is 14.3 Å². The highest BCUT2D eigenvalue weighted by Crippen LogP contribution is 2.38. The van der Waals surface area contributed by atoms with Crippen LogP contribution in [0.25, 0.3) is 0 Å². The number of rotatable bonds is 5. The van der Waals surface area contributed by atoms with Crippen LogP contribution in [0.15, 0.2) is 48.5 Å². The fourth-order valence-electron chi connectivity index (χ4n) is 3.00. The molecule has 1 heterocycles. The van der Waals surface area contributed by atoms with Gasteiger partial charge in [-0.05, 0) is 44.0 Å². The summed E-state index contributed by atoms with van der Waals surface area (Å²) in [6.45, 7) is 6.27. The Hall–Kier alpha value is -2.82. The minimum absolute atomic E-state index is 0.0832. The minimum Gasteiger partial charge on any atom is -0.476 e. The number of carbonyl (C=O) groups is 2. The molecule has 0 saturated heterocycles. The highest BCUT2D eigenvalue weighted by atomic mass is 16.5. The van der Waals surface area contributed by atoms with Gasteiger partial charge in [-0.2, -0.15) is 0 Å². The standard InChI is InChI=1S/C21H24N2O3/c1-15-9-10-18-17(13-15)23(20(25)21(2,3)26-18)12-11-19(24)22-14-16-7-5-4-6-8-16/h4-10,13H,11-12,14H2,1-3H3,(H,22,24). The van der Waals surface area contributed by atoms with E-state index in [0.717, 1.165) is 16.8 Å². The van der Waals surface area contributed by atoms with E-state index in [1.807, 2.05) is 55.5 Å². The predicted molar refractivity (Wildman–Crippen MR) is 101 cm³/mol. The van der Waals surface area contributed by atoms with Gasteiger partial charge in [0.05, 0.1) is 5.69 Å². The van der Waals surface area contributed by atoms with Crippen molar-refractivity contribution in [1.82, 2.24) is 5.32 Å². The summed E-state index contributed by atoms with van der Waals surface area (Å²) in [5.74, 6) is 0.455. The van der Waals surface area contributed by atoms with Crippen LogP contribution >= 0.6 is 0 Å². The molecule has 1 aliphatic rings. The van der Waals surface area contributed by atoms with Crippen LogP contribution in [-0.4, -0.2) is 24.0 Å². The van der Waals surface area contributed by atoms with Crippen molar-refractivity contribution in [3.8, 4) is 5.75 Å². The van der Waals surface area contributed by atoms with E-state index in [0.29, 0.717) is 18.8 Å². The van der Waals surface area contributed by atoms with Gasteiger partial charge in [-0.3, -0.25) is 9.59 Å². The summed E-state index contributed by atoms with van der Waals surface area (Å²) in [5, 5.41) is 2.90. The molecule has 3 rings (SSSR count). The zero-order valence-corrected chi connectivity index (χ0v) is 15.4. The van der Waals surface area contributed by atoms with Crippen LogP contribution in [0.1, 0.15) is 31.4 Å². The summed E-state index contributed by atoms with van der Waals surface area (Å²) in [5.41, 5.74) is 1.87. The van der Waals surface area contributed by atoms with E-state index in [9.17, 15) is 9.59 Å². The maximum Gasteiger partial charge on any atom is 0.270 e. The van der Waals surface area contributed by atoms with Gasteiger partial charge >= 0.3 is 0 Å². The Morgan fingerprint density at radius 1 is 1.15 bits per heavy atom. The van der Waals surface area contributed by atoms with Crippen LogP contribution in [0.2, 0.25) is 0 Å². The van der Waals surface area contributed by atoms with Crippen LogP contribution in [-0.2, 0) is 16.1 Å². The molecule has 0 radical (unpaired) electrons. The number of benzene rings is 2. The van der Waals surface area contributed by atoms with Gasteiger partial charge in [0.1, 0.15) is 5.75 Å². The zero-order chi connectivity index (χ0) is 18.7. The van der Waals surface area contributed by atoms with Crippen molar-refractivity contribution in [2.45, 2.75) is 39.3 Å². The van der Waals surface area contributed by atoms with Gasteiger partial charge in [0.2, 0.25) is 5.91 Å². The van der Waals surface area contributed by atoms with E-state index in [1.54, 1.807) is 18.7 Å². The molecule has 0 aromatic heterocycles. The predicted octanol–water partition coefficient (Wildman–Crippen LogP) is 3.21. The summed E-state index contributed by atoms with van der Waals surface area (Å²) in [6.07, 6.45) is 0.238. The lowest BCUT2D eigenvalue weighted by molar-refractivity contribution is -0.132.